The molecule has 2 aromatic rings. The molecule has 0 unspecified atom stereocenters. The average molecular weight is 302 g/mol. The van der Waals surface area contributed by atoms with Gasteiger partial charge in [0, 0.05) is 17.1 Å². The van der Waals surface area contributed by atoms with Crippen LogP contribution in [0.15, 0.2) is 30.5 Å². The van der Waals surface area contributed by atoms with E-state index in [-0.39, 0.29) is 0 Å². The molecule has 1 saturated heterocycles. The molecule has 22 heavy (non-hydrogen) atoms. The molecule has 6 nitrogen and oxygen atoms in total. The van der Waals surface area contributed by atoms with Crippen molar-refractivity contribution in [3.8, 4) is 0 Å². The Kier molecular flexibility index (Phi) is 4.50. The summed E-state index contributed by atoms with van der Waals surface area (Å²) in [5.41, 5.74) is 1.28. The van der Waals surface area contributed by atoms with Gasteiger partial charge in [-0.3, -0.25) is 9.59 Å². The van der Waals surface area contributed by atoms with Crippen LogP contribution in [0.5, 0.6) is 0 Å². The first-order chi connectivity index (χ1) is 10.8. The Labute approximate surface area is 128 Å². The highest BCUT2D eigenvalue weighted by molar-refractivity contribution is 6.44. The Balaban J connectivity index is 1.56. The van der Waals surface area contributed by atoms with Gasteiger partial charge >= 0.3 is 0 Å². The molecule has 3 N–H and O–H groups in total. The molecule has 0 saturated carbocycles. The third kappa shape index (κ3) is 3.18. The summed E-state index contributed by atoms with van der Waals surface area (Å²) in [6.07, 6.45) is 1.60. The lowest BCUT2D eigenvalue weighted by atomic mass is 10.1. The summed E-state index contributed by atoms with van der Waals surface area (Å²) in [4.78, 5) is 28.7. The van der Waals surface area contributed by atoms with Crippen LogP contribution in [0.25, 0.3) is 10.9 Å². The molecule has 0 bridgehead atoms. The molecule has 1 fully saturated rings. The number of carbonyl (C=O) groups is 2. The second-order valence-corrected chi connectivity index (χ2v) is 5.45. The standard InChI is InChI=1S/C16H19N3O3/c20-15(13-11-18-14-4-2-1-3-12(13)14)16(21)17-5-6-19-7-9-22-10-8-19/h1-4,11,18H,5-10H2,(H,17,21)/p+1. The van der Waals surface area contributed by atoms with Crippen molar-refractivity contribution in [1.29, 1.82) is 0 Å². The molecule has 116 valence electrons. The summed E-state index contributed by atoms with van der Waals surface area (Å²) in [5.74, 6) is -1.04. The van der Waals surface area contributed by atoms with Crippen molar-refractivity contribution in [2.75, 3.05) is 39.4 Å². The van der Waals surface area contributed by atoms with Crippen molar-refractivity contribution in [1.82, 2.24) is 10.3 Å². The number of rotatable bonds is 5. The molecular weight excluding hydrogens is 282 g/mol. The van der Waals surface area contributed by atoms with Crippen LogP contribution < -0.4 is 10.2 Å². The van der Waals surface area contributed by atoms with Crippen molar-refractivity contribution in [3.63, 3.8) is 0 Å². The van der Waals surface area contributed by atoms with Gasteiger partial charge in [-0.1, -0.05) is 18.2 Å². The molecule has 2 heterocycles. The van der Waals surface area contributed by atoms with Gasteiger partial charge in [-0.25, -0.2) is 0 Å². The minimum atomic E-state index is -0.544. The van der Waals surface area contributed by atoms with Crippen LogP contribution in [0.3, 0.4) is 0 Å². The van der Waals surface area contributed by atoms with Gasteiger partial charge in [-0.05, 0) is 6.07 Å². The molecule has 3 rings (SSSR count). The number of benzene rings is 1. The minimum absolute atomic E-state index is 0.423. The van der Waals surface area contributed by atoms with E-state index >= 15 is 0 Å². The van der Waals surface area contributed by atoms with E-state index in [2.05, 4.69) is 10.3 Å². The summed E-state index contributed by atoms with van der Waals surface area (Å²) in [6.45, 7) is 4.74. The van der Waals surface area contributed by atoms with Crippen molar-refractivity contribution in [2.24, 2.45) is 0 Å². The summed E-state index contributed by atoms with van der Waals surface area (Å²) < 4.78 is 5.29. The van der Waals surface area contributed by atoms with Crippen molar-refractivity contribution in [3.05, 3.63) is 36.0 Å². The Morgan fingerprint density at radius 1 is 1.23 bits per heavy atom. The van der Waals surface area contributed by atoms with Crippen LogP contribution >= 0.6 is 0 Å². The van der Waals surface area contributed by atoms with Crippen LogP contribution in [-0.4, -0.2) is 56.1 Å². The minimum Gasteiger partial charge on any atom is -0.370 e. The molecule has 1 amide bonds. The van der Waals surface area contributed by atoms with E-state index < -0.39 is 11.7 Å². The zero-order valence-electron chi connectivity index (χ0n) is 12.4. The number of hydrogen-bond donors (Lipinski definition) is 3. The molecule has 1 aliphatic rings. The zero-order chi connectivity index (χ0) is 15.4. The maximum Gasteiger partial charge on any atom is 0.292 e. The van der Waals surface area contributed by atoms with Gasteiger partial charge in [0.2, 0.25) is 0 Å². The highest BCUT2D eigenvalue weighted by Crippen LogP contribution is 2.17. The van der Waals surface area contributed by atoms with Crippen LogP contribution in [-0.2, 0) is 9.53 Å². The Morgan fingerprint density at radius 2 is 2.00 bits per heavy atom. The number of quaternary nitrogens is 1. The van der Waals surface area contributed by atoms with Gasteiger partial charge in [-0.2, -0.15) is 0 Å². The second-order valence-electron chi connectivity index (χ2n) is 5.45. The first-order valence-corrected chi connectivity index (χ1v) is 7.55. The lowest BCUT2D eigenvalue weighted by Crippen LogP contribution is -3.14. The number of ether oxygens (including phenoxy) is 1. The van der Waals surface area contributed by atoms with Gasteiger partial charge in [0.1, 0.15) is 13.1 Å². The normalized spacial score (nSPS) is 15.8. The van der Waals surface area contributed by atoms with E-state index in [0.29, 0.717) is 12.1 Å². The van der Waals surface area contributed by atoms with Crippen molar-refractivity contribution < 1.29 is 19.2 Å². The molecule has 1 aliphatic heterocycles. The number of amides is 1. The summed E-state index contributed by atoms with van der Waals surface area (Å²) >= 11 is 0. The highest BCUT2D eigenvalue weighted by Gasteiger charge is 2.20. The van der Waals surface area contributed by atoms with E-state index in [4.69, 9.17) is 4.74 Å². The lowest BCUT2D eigenvalue weighted by Gasteiger charge is -2.23. The van der Waals surface area contributed by atoms with Crippen LogP contribution in [0.4, 0.5) is 0 Å². The number of morpholine rings is 1. The predicted molar refractivity (Wildman–Crippen MR) is 82.0 cm³/mol. The fourth-order valence-electron chi connectivity index (χ4n) is 2.72. The number of aromatic nitrogens is 1. The second kappa shape index (κ2) is 6.72. The quantitative estimate of drug-likeness (QED) is 0.509. The van der Waals surface area contributed by atoms with Gasteiger partial charge < -0.3 is 19.9 Å². The number of carbonyl (C=O) groups excluding carboxylic acids is 2. The smallest absolute Gasteiger partial charge is 0.292 e. The lowest BCUT2D eigenvalue weighted by molar-refractivity contribution is -0.906. The van der Waals surface area contributed by atoms with Gasteiger partial charge in [0.25, 0.3) is 11.7 Å². The summed E-state index contributed by atoms with van der Waals surface area (Å²) in [5, 5.41) is 3.50. The highest BCUT2D eigenvalue weighted by atomic mass is 16.5. The molecule has 0 radical (unpaired) electrons. The first-order valence-electron chi connectivity index (χ1n) is 7.55. The van der Waals surface area contributed by atoms with Crippen LogP contribution in [0.1, 0.15) is 10.4 Å². The number of nitrogens with one attached hydrogen (secondary N) is 3. The number of Topliss-reactive ketones (excluding diaryl/α,β-unsaturated/α-hetero) is 1. The van der Waals surface area contributed by atoms with Crippen LogP contribution in [0.2, 0.25) is 0 Å². The molecule has 1 aromatic carbocycles. The molecule has 6 heteroatoms. The molecular formula is C16H20N3O3+. The van der Waals surface area contributed by atoms with E-state index in [1.54, 1.807) is 6.20 Å². The number of para-hydroxylation sites is 1. The predicted octanol–water partition coefficient (Wildman–Crippen LogP) is -0.618. The molecule has 0 atom stereocenters. The molecule has 0 spiro atoms. The average Bonchev–Trinajstić information content (AvgIpc) is 2.99. The van der Waals surface area contributed by atoms with E-state index in [1.807, 2.05) is 24.3 Å². The van der Waals surface area contributed by atoms with Gasteiger partial charge in [0.15, 0.2) is 0 Å². The van der Waals surface area contributed by atoms with E-state index in [0.717, 1.165) is 43.8 Å². The number of aromatic amines is 1. The summed E-state index contributed by atoms with van der Waals surface area (Å²) in [6, 6.07) is 7.46. The van der Waals surface area contributed by atoms with Gasteiger partial charge in [0.05, 0.1) is 31.9 Å². The Hall–Kier alpha value is -2.18. The van der Waals surface area contributed by atoms with Gasteiger partial charge in [-0.15, -0.1) is 0 Å². The van der Waals surface area contributed by atoms with E-state index in [1.165, 1.54) is 4.90 Å². The van der Waals surface area contributed by atoms with Crippen molar-refractivity contribution >= 4 is 22.6 Å². The SMILES string of the molecule is O=C(NCC[NH+]1CCOCC1)C(=O)c1c[nH]c2ccccc12. The number of H-pyrrole nitrogens is 1. The van der Waals surface area contributed by atoms with Crippen LogP contribution in [0, 0.1) is 0 Å². The third-order valence-corrected chi connectivity index (χ3v) is 4.00. The number of ketones is 1. The number of fused-ring (bicyclic) bond motifs is 1. The fraction of sp³-hybridized carbons (Fsp3) is 0.375. The molecule has 0 aliphatic carbocycles. The zero-order valence-corrected chi connectivity index (χ0v) is 12.4. The van der Waals surface area contributed by atoms with E-state index in [9.17, 15) is 9.59 Å². The first kappa shape index (κ1) is 14.7. The van der Waals surface area contributed by atoms with Crippen molar-refractivity contribution in [2.45, 2.75) is 0 Å². The fourth-order valence-corrected chi connectivity index (χ4v) is 2.72. The third-order valence-electron chi connectivity index (χ3n) is 4.00. The topological polar surface area (TPSA) is 75.6 Å². The Bertz CT molecular complexity index is 674. The molecule has 1 aromatic heterocycles. The Morgan fingerprint density at radius 3 is 2.82 bits per heavy atom. The largest absolute Gasteiger partial charge is 0.370 e. The summed E-state index contributed by atoms with van der Waals surface area (Å²) in [7, 11) is 0. The number of hydrogen-bond acceptors (Lipinski definition) is 3. The maximum absolute atomic E-state index is 12.2. The maximum atomic E-state index is 12.2. The monoisotopic (exact) mass is 302 g/mol.